The molecule has 23 heavy (non-hydrogen) atoms. The molecular formula is C19H20N2O2. The minimum atomic E-state index is -0.0635. The van der Waals surface area contributed by atoms with E-state index in [9.17, 15) is 4.79 Å². The molecule has 0 bridgehead atoms. The van der Waals surface area contributed by atoms with Crippen LogP contribution in [0, 0.1) is 0 Å². The summed E-state index contributed by atoms with van der Waals surface area (Å²) in [5.74, 6) is 0.336. The van der Waals surface area contributed by atoms with Gasteiger partial charge in [-0.05, 0) is 36.2 Å². The molecule has 0 unspecified atom stereocenters. The highest BCUT2D eigenvalue weighted by Gasteiger charge is 2.19. The third-order valence-corrected chi connectivity index (χ3v) is 3.83. The van der Waals surface area contributed by atoms with Crippen LogP contribution in [0.25, 0.3) is 11.0 Å². The molecule has 4 nitrogen and oxygen atoms in total. The van der Waals surface area contributed by atoms with E-state index in [4.69, 9.17) is 4.42 Å². The van der Waals surface area contributed by atoms with Gasteiger partial charge in [0.1, 0.15) is 5.58 Å². The Balaban J connectivity index is 1.84. The van der Waals surface area contributed by atoms with Gasteiger partial charge in [0.25, 0.3) is 5.91 Å². The molecule has 0 aliphatic heterocycles. The minimum absolute atomic E-state index is 0.0635. The van der Waals surface area contributed by atoms with E-state index in [1.54, 1.807) is 12.4 Å². The molecule has 0 spiro atoms. The smallest absolute Gasteiger partial charge is 0.289 e. The molecule has 1 amide bonds. The number of aromatic nitrogens is 1. The summed E-state index contributed by atoms with van der Waals surface area (Å²) in [6.07, 6.45) is 5.51. The van der Waals surface area contributed by atoms with Gasteiger partial charge < -0.3 is 9.32 Å². The van der Waals surface area contributed by atoms with Gasteiger partial charge in [0.2, 0.25) is 0 Å². The van der Waals surface area contributed by atoms with Crippen molar-refractivity contribution in [1.29, 1.82) is 0 Å². The topological polar surface area (TPSA) is 46.3 Å². The first-order valence-electron chi connectivity index (χ1n) is 7.94. The Hall–Kier alpha value is -2.62. The highest BCUT2D eigenvalue weighted by atomic mass is 16.3. The Morgan fingerprint density at radius 2 is 1.96 bits per heavy atom. The normalized spacial score (nSPS) is 10.8. The van der Waals surface area contributed by atoms with Crippen molar-refractivity contribution in [2.24, 2.45) is 0 Å². The summed E-state index contributed by atoms with van der Waals surface area (Å²) in [5, 5.41) is 0.954. The largest absolute Gasteiger partial charge is 0.451 e. The number of amides is 1. The van der Waals surface area contributed by atoms with E-state index in [1.165, 1.54) is 0 Å². The number of carbonyl (C=O) groups is 1. The van der Waals surface area contributed by atoms with Crippen LogP contribution in [0.5, 0.6) is 0 Å². The van der Waals surface area contributed by atoms with Gasteiger partial charge in [-0.25, -0.2) is 0 Å². The Labute approximate surface area is 135 Å². The van der Waals surface area contributed by atoms with Gasteiger partial charge in [0, 0.05) is 30.9 Å². The number of fused-ring (bicyclic) bond motifs is 1. The number of hydrogen-bond donors (Lipinski definition) is 0. The predicted octanol–water partition coefficient (Wildman–Crippen LogP) is 4.27. The second kappa shape index (κ2) is 7.09. The maximum atomic E-state index is 12.8. The van der Waals surface area contributed by atoms with Crippen molar-refractivity contribution in [3.05, 3.63) is 66.2 Å². The molecule has 3 rings (SSSR count). The van der Waals surface area contributed by atoms with E-state index in [-0.39, 0.29) is 5.91 Å². The van der Waals surface area contributed by atoms with E-state index < -0.39 is 0 Å². The number of pyridine rings is 1. The van der Waals surface area contributed by atoms with Crippen LogP contribution >= 0.6 is 0 Å². The van der Waals surface area contributed by atoms with Crippen LogP contribution in [0.4, 0.5) is 0 Å². The van der Waals surface area contributed by atoms with Gasteiger partial charge in [-0.15, -0.1) is 0 Å². The lowest BCUT2D eigenvalue weighted by molar-refractivity contribution is 0.0711. The Bertz CT molecular complexity index is 747. The van der Waals surface area contributed by atoms with Gasteiger partial charge >= 0.3 is 0 Å². The fraction of sp³-hybridized carbons (Fsp3) is 0.263. The first-order valence-corrected chi connectivity index (χ1v) is 7.94. The highest BCUT2D eigenvalue weighted by Crippen LogP contribution is 2.21. The second-order valence-corrected chi connectivity index (χ2v) is 5.58. The van der Waals surface area contributed by atoms with E-state index in [0.717, 1.165) is 29.4 Å². The summed E-state index contributed by atoms with van der Waals surface area (Å²) in [7, 11) is 0. The van der Waals surface area contributed by atoms with Gasteiger partial charge in [-0.3, -0.25) is 9.78 Å². The van der Waals surface area contributed by atoms with Crippen LogP contribution in [-0.4, -0.2) is 22.3 Å². The maximum absolute atomic E-state index is 12.8. The SMILES string of the molecule is CCCCN(Cc1ccncc1)C(=O)c1cc2ccccc2o1. The molecule has 4 heteroatoms. The summed E-state index contributed by atoms with van der Waals surface area (Å²) in [4.78, 5) is 18.7. The van der Waals surface area contributed by atoms with Gasteiger partial charge in [-0.1, -0.05) is 31.5 Å². The van der Waals surface area contributed by atoms with Crippen molar-refractivity contribution in [3.63, 3.8) is 0 Å². The zero-order chi connectivity index (χ0) is 16.1. The molecule has 0 saturated carbocycles. The monoisotopic (exact) mass is 308 g/mol. The quantitative estimate of drug-likeness (QED) is 0.683. The standard InChI is InChI=1S/C19H20N2O2/c1-2-3-12-21(14-15-8-10-20-11-9-15)19(22)18-13-16-6-4-5-7-17(16)23-18/h4-11,13H,2-3,12,14H2,1H3. The fourth-order valence-electron chi connectivity index (χ4n) is 2.55. The number of hydrogen-bond acceptors (Lipinski definition) is 3. The lowest BCUT2D eigenvalue weighted by Crippen LogP contribution is -2.31. The number of furan rings is 1. The molecule has 2 aromatic heterocycles. The molecule has 0 fully saturated rings. The lowest BCUT2D eigenvalue weighted by Gasteiger charge is -2.21. The van der Waals surface area contributed by atoms with Gasteiger partial charge in [0.05, 0.1) is 0 Å². The number of para-hydroxylation sites is 1. The molecular weight excluding hydrogens is 288 g/mol. The van der Waals surface area contributed by atoms with Crippen molar-refractivity contribution in [2.75, 3.05) is 6.54 Å². The zero-order valence-electron chi connectivity index (χ0n) is 13.2. The second-order valence-electron chi connectivity index (χ2n) is 5.58. The maximum Gasteiger partial charge on any atom is 0.289 e. The molecule has 3 aromatic rings. The van der Waals surface area contributed by atoms with Crippen LogP contribution < -0.4 is 0 Å². The van der Waals surface area contributed by atoms with E-state index in [0.29, 0.717) is 18.8 Å². The van der Waals surface area contributed by atoms with Crippen molar-refractivity contribution in [1.82, 2.24) is 9.88 Å². The Morgan fingerprint density at radius 3 is 2.70 bits per heavy atom. The number of rotatable bonds is 6. The van der Waals surface area contributed by atoms with Crippen molar-refractivity contribution >= 4 is 16.9 Å². The van der Waals surface area contributed by atoms with Crippen molar-refractivity contribution < 1.29 is 9.21 Å². The lowest BCUT2D eigenvalue weighted by atomic mass is 10.2. The molecule has 0 radical (unpaired) electrons. The third-order valence-electron chi connectivity index (χ3n) is 3.83. The van der Waals surface area contributed by atoms with Crippen LogP contribution in [-0.2, 0) is 6.54 Å². The van der Waals surface area contributed by atoms with E-state index in [2.05, 4.69) is 11.9 Å². The first kappa shape index (κ1) is 15.3. The summed E-state index contributed by atoms with van der Waals surface area (Å²) in [5.41, 5.74) is 1.82. The minimum Gasteiger partial charge on any atom is -0.451 e. The summed E-state index contributed by atoms with van der Waals surface area (Å²) >= 11 is 0. The first-order chi connectivity index (χ1) is 11.3. The Kier molecular flexibility index (Phi) is 4.71. The van der Waals surface area contributed by atoms with Gasteiger partial charge in [-0.2, -0.15) is 0 Å². The van der Waals surface area contributed by atoms with Crippen LogP contribution in [0.1, 0.15) is 35.9 Å². The van der Waals surface area contributed by atoms with Crippen LogP contribution in [0.15, 0.2) is 59.3 Å². The Morgan fingerprint density at radius 1 is 1.17 bits per heavy atom. The number of nitrogens with zero attached hydrogens (tertiary/aromatic N) is 2. The molecule has 0 aliphatic carbocycles. The third kappa shape index (κ3) is 3.59. The average molecular weight is 308 g/mol. The molecule has 1 aromatic carbocycles. The fourth-order valence-corrected chi connectivity index (χ4v) is 2.55. The predicted molar refractivity (Wildman–Crippen MR) is 90.1 cm³/mol. The van der Waals surface area contributed by atoms with Crippen LogP contribution in [0.3, 0.4) is 0 Å². The summed E-state index contributed by atoms with van der Waals surface area (Å²) in [6, 6.07) is 13.4. The average Bonchev–Trinajstić information content (AvgIpc) is 3.03. The molecule has 0 atom stereocenters. The van der Waals surface area contributed by atoms with Gasteiger partial charge in [0.15, 0.2) is 5.76 Å². The number of unbranched alkanes of at least 4 members (excludes halogenated alkanes) is 1. The number of carbonyl (C=O) groups excluding carboxylic acids is 1. The molecule has 2 heterocycles. The molecule has 118 valence electrons. The van der Waals surface area contributed by atoms with Crippen molar-refractivity contribution in [3.8, 4) is 0 Å². The molecule has 0 aliphatic rings. The van der Waals surface area contributed by atoms with Crippen LogP contribution in [0.2, 0.25) is 0 Å². The molecule has 0 N–H and O–H groups in total. The summed E-state index contributed by atoms with van der Waals surface area (Å²) in [6.45, 7) is 3.41. The number of benzene rings is 1. The van der Waals surface area contributed by atoms with Crippen molar-refractivity contribution in [2.45, 2.75) is 26.3 Å². The van der Waals surface area contributed by atoms with E-state index >= 15 is 0 Å². The highest BCUT2D eigenvalue weighted by molar-refractivity contribution is 5.96. The zero-order valence-corrected chi connectivity index (χ0v) is 13.2. The molecule has 0 saturated heterocycles. The summed E-state index contributed by atoms with van der Waals surface area (Å²) < 4.78 is 5.72. The van der Waals surface area contributed by atoms with E-state index in [1.807, 2.05) is 47.4 Å².